The van der Waals surface area contributed by atoms with Crippen molar-refractivity contribution >= 4 is 11.8 Å². The summed E-state index contributed by atoms with van der Waals surface area (Å²) in [6.07, 6.45) is 2.53. The Morgan fingerprint density at radius 1 is 1.40 bits per heavy atom. The average molecular weight is 276 g/mol. The van der Waals surface area contributed by atoms with E-state index in [-0.39, 0.29) is 5.84 Å². The molecule has 0 aromatic carbocycles. The lowest BCUT2D eigenvalue weighted by Gasteiger charge is -2.37. The van der Waals surface area contributed by atoms with Gasteiger partial charge in [0.1, 0.15) is 5.69 Å². The second-order valence-corrected chi connectivity index (χ2v) is 5.46. The summed E-state index contributed by atoms with van der Waals surface area (Å²) in [6.45, 7) is 6.04. The molecule has 7 nitrogen and oxygen atoms in total. The molecule has 1 aromatic heterocycles. The van der Waals surface area contributed by atoms with Crippen molar-refractivity contribution in [2.75, 3.05) is 31.1 Å². The van der Waals surface area contributed by atoms with E-state index in [2.05, 4.69) is 24.9 Å². The number of piperazine rings is 1. The molecule has 20 heavy (non-hydrogen) atoms. The summed E-state index contributed by atoms with van der Waals surface area (Å²) in [5.74, 6) is 0.703. The minimum Gasteiger partial charge on any atom is -0.409 e. The lowest BCUT2D eigenvalue weighted by Crippen LogP contribution is -2.50. The predicted octanol–water partition coefficient (Wildman–Crippen LogP) is 0.164. The smallest absolute Gasteiger partial charge is 0.226 e. The summed E-state index contributed by atoms with van der Waals surface area (Å²) in [6, 6.07) is 2.34. The number of anilines is 1. The van der Waals surface area contributed by atoms with E-state index in [1.807, 2.05) is 6.92 Å². The number of hydrogen-bond donors (Lipinski definition) is 2. The van der Waals surface area contributed by atoms with Crippen molar-refractivity contribution in [3.8, 4) is 0 Å². The SMILES string of the molecule is Cc1cc(/C(N)=N/O)nc(N2CCN3CCCC3C2)n1. The molecule has 3 rings (SSSR count). The second-order valence-electron chi connectivity index (χ2n) is 5.46. The molecule has 2 aliphatic rings. The number of oxime groups is 1. The fourth-order valence-corrected chi connectivity index (χ4v) is 3.05. The molecule has 2 aliphatic heterocycles. The molecule has 0 bridgehead atoms. The van der Waals surface area contributed by atoms with Gasteiger partial charge in [-0.1, -0.05) is 5.16 Å². The van der Waals surface area contributed by atoms with Gasteiger partial charge in [0.05, 0.1) is 0 Å². The van der Waals surface area contributed by atoms with Crippen LogP contribution in [0.4, 0.5) is 5.95 Å². The predicted molar refractivity (Wildman–Crippen MR) is 76.1 cm³/mol. The molecule has 3 heterocycles. The maximum absolute atomic E-state index is 8.79. The van der Waals surface area contributed by atoms with Crippen LogP contribution in [-0.2, 0) is 0 Å². The van der Waals surface area contributed by atoms with Crippen LogP contribution in [0, 0.1) is 6.92 Å². The molecule has 1 aromatic rings. The Hall–Kier alpha value is -1.89. The number of aromatic nitrogens is 2. The minimum atomic E-state index is 0.0243. The van der Waals surface area contributed by atoms with Crippen molar-refractivity contribution in [1.82, 2.24) is 14.9 Å². The van der Waals surface area contributed by atoms with Crippen LogP contribution in [0.3, 0.4) is 0 Å². The van der Waals surface area contributed by atoms with Gasteiger partial charge >= 0.3 is 0 Å². The van der Waals surface area contributed by atoms with Gasteiger partial charge in [0.2, 0.25) is 5.95 Å². The summed E-state index contributed by atoms with van der Waals surface area (Å²) in [4.78, 5) is 13.7. The minimum absolute atomic E-state index is 0.0243. The van der Waals surface area contributed by atoms with Gasteiger partial charge in [-0.25, -0.2) is 9.97 Å². The zero-order valence-electron chi connectivity index (χ0n) is 11.7. The average Bonchev–Trinajstić information content (AvgIpc) is 2.93. The summed E-state index contributed by atoms with van der Waals surface area (Å²) in [5, 5.41) is 11.8. The van der Waals surface area contributed by atoms with E-state index < -0.39 is 0 Å². The topological polar surface area (TPSA) is 90.9 Å². The summed E-state index contributed by atoms with van der Waals surface area (Å²) < 4.78 is 0. The highest BCUT2D eigenvalue weighted by Crippen LogP contribution is 2.23. The Balaban J connectivity index is 1.84. The van der Waals surface area contributed by atoms with Gasteiger partial charge in [0.25, 0.3) is 0 Å². The normalized spacial score (nSPS) is 23.9. The van der Waals surface area contributed by atoms with Gasteiger partial charge in [0, 0.05) is 31.4 Å². The van der Waals surface area contributed by atoms with Gasteiger partial charge in [-0.15, -0.1) is 0 Å². The van der Waals surface area contributed by atoms with Crippen LogP contribution in [0.1, 0.15) is 24.2 Å². The highest BCUT2D eigenvalue weighted by atomic mass is 16.4. The van der Waals surface area contributed by atoms with Crippen molar-refractivity contribution in [3.05, 3.63) is 17.5 Å². The first-order valence-electron chi connectivity index (χ1n) is 7.00. The van der Waals surface area contributed by atoms with E-state index in [1.165, 1.54) is 19.4 Å². The number of hydrogen-bond acceptors (Lipinski definition) is 6. The van der Waals surface area contributed by atoms with Gasteiger partial charge < -0.3 is 15.8 Å². The molecule has 2 saturated heterocycles. The van der Waals surface area contributed by atoms with Crippen LogP contribution < -0.4 is 10.6 Å². The first-order valence-corrected chi connectivity index (χ1v) is 7.00. The second kappa shape index (κ2) is 5.24. The summed E-state index contributed by atoms with van der Waals surface area (Å²) >= 11 is 0. The quantitative estimate of drug-likeness (QED) is 0.346. The Morgan fingerprint density at radius 3 is 3.05 bits per heavy atom. The van der Waals surface area contributed by atoms with Crippen molar-refractivity contribution in [1.29, 1.82) is 0 Å². The van der Waals surface area contributed by atoms with Crippen LogP contribution in [0.5, 0.6) is 0 Å². The zero-order valence-corrected chi connectivity index (χ0v) is 11.7. The zero-order chi connectivity index (χ0) is 14.1. The van der Waals surface area contributed by atoms with E-state index in [0.717, 1.165) is 25.3 Å². The van der Waals surface area contributed by atoms with E-state index in [1.54, 1.807) is 6.07 Å². The van der Waals surface area contributed by atoms with Crippen LogP contribution in [0.25, 0.3) is 0 Å². The van der Waals surface area contributed by atoms with Crippen molar-refractivity contribution in [2.45, 2.75) is 25.8 Å². The Bertz CT molecular complexity index is 532. The molecule has 2 fully saturated rings. The molecular formula is C13H20N6O. The van der Waals surface area contributed by atoms with E-state index in [9.17, 15) is 0 Å². The van der Waals surface area contributed by atoms with Crippen LogP contribution in [-0.4, -0.2) is 58.1 Å². The van der Waals surface area contributed by atoms with Crippen molar-refractivity contribution in [2.24, 2.45) is 10.9 Å². The Kier molecular flexibility index (Phi) is 3.43. The Morgan fingerprint density at radius 2 is 2.25 bits per heavy atom. The lowest BCUT2D eigenvalue weighted by molar-refractivity contribution is 0.229. The molecule has 7 heteroatoms. The van der Waals surface area contributed by atoms with Crippen molar-refractivity contribution in [3.63, 3.8) is 0 Å². The third-order valence-electron chi connectivity index (χ3n) is 4.08. The van der Waals surface area contributed by atoms with Crippen LogP contribution in [0.15, 0.2) is 11.2 Å². The van der Waals surface area contributed by atoms with E-state index in [4.69, 9.17) is 10.9 Å². The summed E-state index contributed by atoms with van der Waals surface area (Å²) in [7, 11) is 0. The molecule has 0 spiro atoms. The molecule has 3 N–H and O–H groups in total. The molecule has 0 radical (unpaired) electrons. The lowest BCUT2D eigenvalue weighted by atomic mass is 10.1. The van der Waals surface area contributed by atoms with Gasteiger partial charge in [-0.2, -0.15) is 0 Å². The van der Waals surface area contributed by atoms with Gasteiger partial charge in [-0.3, -0.25) is 4.90 Å². The fourth-order valence-electron chi connectivity index (χ4n) is 3.05. The Labute approximate surface area is 118 Å². The number of aryl methyl sites for hydroxylation is 1. The maximum Gasteiger partial charge on any atom is 0.226 e. The molecule has 0 saturated carbocycles. The van der Waals surface area contributed by atoms with Crippen LogP contribution in [0.2, 0.25) is 0 Å². The number of nitrogens with two attached hydrogens (primary N) is 1. The highest BCUT2D eigenvalue weighted by Gasteiger charge is 2.31. The molecule has 108 valence electrons. The number of rotatable bonds is 2. The first-order chi connectivity index (χ1) is 9.67. The fraction of sp³-hybridized carbons (Fsp3) is 0.615. The van der Waals surface area contributed by atoms with E-state index >= 15 is 0 Å². The molecule has 1 atom stereocenters. The van der Waals surface area contributed by atoms with Gasteiger partial charge in [0.15, 0.2) is 5.84 Å². The molecule has 0 amide bonds. The highest BCUT2D eigenvalue weighted by molar-refractivity contribution is 5.95. The van der Waals surface area contributed by atoms with Crippen LogP contribution >= 0.6 is 0 Å². The third kappa shape index (κ3) is 2.40. The first kappa shape index (κ1) is 13.1. The van der Waals surface area contributed by atoms with Crippen molar-refractivity contribution < 1.29 is 5.21 Å². The summed E-state index contributed by atoms with van der Waals surface area (Å²) in [5.41, 5.74) is 6.93. The molecule has 0 aliphatic carbocycles. The number of fused-ring (bicyclic) bond motifs is 1. The van der Waals surface area contributed by atoms with Gasteiger partial charge in [-0.05, 0) is 32.4 Å². The largest absolute Gasteiger partial charge is 0.409 e. The maximum atomic E-state index is 8.79. The monoisotopic (exact) mass is 276 g/mol. The molecular weight excluding hydrogens is 256 g/mol. The third-order valence-corrected chi connectivity index (χ3v) is 4.08. The standard InChI is InChI=1S/C13H20N6O/c1-9-7-11(12(14)17-20)16-13(15-9)19-6-5-18-4-2-3-10(18)8-19/h7,10,20H,2-6,8H2,1H3,(H2,14,17). The number of amidine groups is 1. The number of nitrogens with zero attached hydrogens (tertiary/aromatic N) is 5. The van der Waals surface area contributed by atoms with E-state index in [0.29, 0.717) is 17.7 Å². The molecule has 1 unspecified atom stereocenters.